The zero-order valence-electron chi connectivity index (χ0n) is 14.0. The molecule has 5 nitrogen and oxygen atoms in total. The quantitative estimate of drug-likeness (QED) is 0.708. The second kappa shape index (κ2) is 9.94. The Hall–Kier alpha value is -1.95. The Morgan fingerprint density at radius 2 is 1.96 bits per heavy atom. The fraction of sp³-hybridized carbons (Fsp3) is 0.529. The summed E-state index contributed by atoms with van der Waals surface area (Å²) in [6.45, 7) is 4.69. The van der Waals surface area contributed by atoms with Crippen molar-refractivity contribution in [3.63, 3.8) is 0 Å². The summed E-state index contributed by atoms with van der Waals surface area (Å²) in [4.78, 5) is 26.1. The largest absolute Gasteiger partial charge is 0.383 e. The van der Waals surface area contributed by atoms with E-state index in [9.17, 15) is 14.0 Å². The normalized spacial score (nSPS) is 11.8. The maximum Gasteiger partial charge on any atom is 0.242 e. The van der Waals surface area contributed by atoms with Crippen LogP contribution in [-0.2, 0) is 20.9 Å². The van der Waals surface area contributed by atoms with E-state index >= 15 is 0 Å². The molecule has 1 N–H and O–H groups in total. The zero-order valence-corrected chi connectivity index (χ0v) is 14.0. The molecule has 23 heavy (non-hydrogen) atoms. The van der Waals surface area contributed by atoms with Gasteiger partial charge in [-0.1, -0.05) is 19.1 Å². The number of carbonyl (C=O) groups excluding carboxylic acids is 2. The number of methoxy groups -OCH3 is 1. The summed E-state index contributed by atoms with van der Waals surface area (Å²) in [5.41, 5.74) is 0.785. The molecule has 0 aromatic heterocycles. The Labute approximate surface area is 136 Å². The molecule has 0 spiro atoms. The van der Waals surface area contributed by atoms with Crippen molar-refractivity contribution in [2.24, 2.45) is 0 Å². The Morgan fingerprint density at radius 1 is 1.30 bits per heavy atom. The van der Waals surface area contributed by atoms with Gasteiger partial charge in [-0.3, -0.25) is 9.59 Å². The topological polar surface area (TPSA) is 58.6 Å². The van der Waals surface area contributed by atoms with Crippen LogP contribution < -0.4 is 5.32 Å². The van der Waals surface area contributed by atoms with Gasteiger partial charge < -0.3 is 15.0 Å². The van der Waals surface area contributed by atoms with E-state index in [2.05, 4.69) is 5.32 Å². The maximum absolute atomic E-state index is 13.0. The van der Waals surface area contributed by atoms with Gasteiger partial charge in [-0.25, -0.2) is 4.39 Å². The van der Waals surface area contributed by atoms with Crippen LogP contribution in [0.3, 0.4) is 0 Å². The predicted molar refractivity (Wildman–Crippen MR) is 86.2 cm³/mol. The highest BCUT2D eigenvalue weighted by atomic mass is 19.1. The van der Waals surface area contributed by atoms with Crippen LogP contribution >= 0.6 is 0 Å². The van der Waals surface area contributed by atoms with Gasteiger partial charge in [0, 0.05) is 26.6 Å². The second-order valence-electron chi connectivity index (χ2n) is 5.36. The zero-order chi connectivity index (χ0) is 17.2. The molecule has 128 valence electrons. The van der Waals surface area contributed by atoms with E-state index in [0.717, 1.165) is 5.56 Å². The van der Waals surface area contributed by atoms with E-state index in [4.69, 9.17) is 4.74 Å². The molecule has 0 unspecified atom stereocenters. The van der Waals surface area contributed by atoms with Crippen molar-refractivity contribution in [2.75, 3.05) is 20.3 Å². The van der Waals surface area contributed by atoms with Gasteiger partial charge in [0.05, 0.1) is 6.61 Å². The summed E-state index contributed by atoms with van der Waals surface area (Å²) in [5, 5.41) is 2.74. The number of rotatable bonds is 9. The van der Waals surface area contributed by atoms with Gasteiger partial charge in [0.2, 0.25) is 11.8 Å². The minimum atomic E-state index is -0.601. The number of hydrogen-bond acceptors (Lipinski definition) is 3. The molecule has 0 fully saturated rings. The van der Waals surface area contributed by atoms with Crippen molar-refractivity contribution in [1.82, 2.24) is 10.2 Å². The minimum Gasteiger partial charge on any atom is -0.383 e. The summed E-state index contributed by atoms with van der Waals surface area (Å²) in [6, 6.07) is 5.34. The Morgan fingerprint density at radius 3 is 2.52 bits per heavy atom. The standard InChI is InChI=1S/C17H25FN2O3/c1-4-5-16(21)20(12-14-6-8-15(18)9-7-14)13(2)17(22)19-10-11-23-3/h6-9,13H,4-5,10-12H2,1-3H3,(H,19,22)/t13-/m1/s1. The Kier molecular flexibility index (Phi) is 8.26. The van der Waals surface area contributed by atoms with E-state index in [1.165, 1.54) is 17.0 Å². The van der Waals surface area contributed by atoms with Crippen LogP contribution in [0.1, 0.15) is 32.3 Å². The van der Waals surface area contributed by atoms with Crippen molar-refractivity contribution in [2.45, 2.75) is 39.3 Å². The first-order valence-corrected chi connectivity index (χ1v) is 7.80. The van der Waals surface area contributed by atoms with Crippen molar-refractivity contribution in [3.05, 3.63) is 35.6 Å². The van der Waals surface area contributed by atoms with Gasteiger partial charge in [-0.05, 0) is 31.0 Å². The number of nitrogens with zero attached hydrogens (tertiary/aromatic N) is 1. The lowest BCUT2D eigenvalue weighted by molar-refractivity contribution is -0.140. The number of hydrogen-bond donors (Lipinski definition) is 1. The van der Waals surface area contributed by atoms with Crippen LogP contribution in [0.25, 0.3) is 0 Å². The van der Waals surface area contributed by atoms with Crippen molar-refractivity contribution >= 4 is 11.8 Å². The monoisotopic (exact) mass is 324 g/mol. The molecular formula is C17H25FN2O3. The molecule has 0 heterocycles. The van der Waals surface area contributed by atoms with Crippen LogP contribution in [-0.4, -0.2) is 43.0 Å². The van der Waals surface area contributed by atoms with Crippen LogP contribution in [0.4, 0.5) is 4.39 Å². The van der Waals surface area contributed by atoms with Crippen molar-refractivity contribution < 1.29 is 18.7 Å². The molecule has 0 bridgehead atoms. The molecule has 1 rings (SSSR count). The average Bonchev–Trinajstić information content (AvgIpc) is 2.54. The van der Waals surface area contributed by atoms with Gasteiger partial charge in [-0.2, -0.15) is 0 Å². The molecule has 1 aromatic carbocycles. The maximum atomic E-state index is 13.0. The van der Waals surface area contributed by atoms with E-state index in [1.54, 1.807) is 26.2 Å². The van der Waals surface area contributed by atoms with Crippen LogP contribution in [0.15, 0.2) is 24.3 Å². The third-order valence-electron chi connectivity index (χ3n) is 3.50. The van der Waals surface area contributed by atoms with E-state index in [-0.39, 0.29) is 24.2 Å². The lowest BCUT2D eigenvalue weighted by Crippen LogP contribution is -2.48. The summed E-state index contributed by atoms with van der Waals surface area (Å²) < 4.78 is 17.9. The first-order chi connectivity index (χ1) is 11.0. The first kappa shape index (κ1) is 19.1. The second-order valence-corrected chi connectivity index (χ2v) is 5.36. The molecule has 0 radical (unpaired) electrons. The number of carbonyl (C=O) groups is 2. The van der Waals surface area contributed by atoms with Gasteiger partial charge in [0.25, 0.3) is 0 Å². The van der Waals surface area contributed by atoms with Crippen molar-refractivity contribution in [1.29, 1.82) is 0 Å². The minimum absolute atomic E-state index is 0.0915. The van der Waals surface area contributed by atoms with E-state index < -0.39 is 6.04 Å². The third kappa shape index (κ3) is 6.36. The van der Waals surface area contributed by atoms with E-state index in [0.29, 0.717) is 26.0 Å². The fourth-order valence-electron chi connectivity index (χ4n) is 2.15. The molecule has 0 aliphatic heterocycles. The molecule has 0 saturated heterocycles. The number of ether oxygens (including phenoxy) is 1. The molecule has 0 aliphatic carbocycles. The van der Waals surface area contributed by atoms with Gasteiger partial charge in [0.1, 0.15) is 11.9 Å². The number of benzene rings is 1. The summed E-state index contributed by atoms with van der Waals surface area (Å²) >= 11 is 0. The Balaban J connectivity index is 2.80. The summed E-state index contributed by atoms with van der Waals surface area (Å²) in [6.07, 6.45) is 1.08. The molecule has 0 aliphatic rings. The smallest absolute Gasteiger partial charge is 0.242 e. The SMILES string of the molecule is CCCC(=O)N(Cc1ccc(F)cc1)[C@H](C)C(=O)NCCOC. The number of nitrogens with one attached hydrogen (secondary N) is 1. The van der Waals surface area contributed by atoms with Gasteiger partial charge in [0.15, 0.2) is 0 Å². The van der Waals surface area contributed by atoms with Gasteiger partial charge >= 0.3 is 0 Å². The predicted octanol–water partition coefficient (Wildman–Crippen LogP) is 2.11. The molecule has 1 aromatic rings. The highest BCUT2D eigenvalue weighted by Gasteiger charge is 2.25. The van der Waals surface area contributed by atoms with E-state index in [1.807, 2.05) is 6.92 Å². The molecular weight excluding hydrogens is 299 g/mol. The molecule has 1 atom stereocenters. The third-order valence-corrected chi connectivity index (χ3v) is 3.50. The van der Waals surface area contributed by atoms with Crippen LogP contribution in [0.2, 0.25) is 0 Å². The molecule has 2 amide bonds. The number of halogens is 1. The fourth-order valence-corrected chi connectivity index (χ4v) is 2.15. The van der Waals surface area contributed by atoms with Gasteiger partial charge in [-0.15, -0.1) is 0 Å². The molecule has 6 heteroatoms. The highest BCUT2D eigenvalue weighted by molar-refractivity contribution is 5.87. The molecule has 0 saturated carbocycles. The summed E-state index contributed by atoms with van der Waals surface area (Å²) in [5.74, 6) is -0.648. The number of amides is 2. The van der Waals surface area contributed by atoms with Crippen LogP contribution in [0, 0.1) is 5.82 Å². The van der Waals surface area contributed by atoms with Crippen LogP contribution in [0.5, 0.6) is 0 Å². The highest BCUT2D eigenvalue weighted by Crippen LogP contribution is 2.12. The Bertz CT molecular complexity index is 505. The summed E-state index contributed by atoms with van der Waals surface area (Å²) in [7, 11) is 1.56. The lowest BCUT2D eigenvalue weighted by Gasteiger charge is -2.28. The lowest BCUT2D eigenvalue weighted by atomic mass is 10.1. The average molecular weight is 324 g/mol. The first-order valence-electron chi connectivity index (χ1n) is 7.80. The van der Waals surface area contributed by atoms with Crippen molar-refractivity contribution in [3.8, 4) is 0 Å².